The number of carbonyl (C=O) groups excluding carboxylic acids is 1. The van der Waals surface area contributed by atoms with Gasteiger partial charge in [0.1, 0.15) is 12.0 Å². The number of hydrogen-bond donors (Lipinski definition) is 1. The third kappa shape index (κ3) is 1.45. The molecule has 0 spiro atoms. The number of benzene rings is 1. The molecular formula is C11H9N5O2. The molecule has 7 nitrogen and oxygen atoms in total. The average molecular weight is 243 g/mol. The first-order valence-electron chi connectivity index (χ1n) is 5.23. The Bertz CT molecular complexity index is 701. The summed E-state index contributed by atoms with van der Waals surface area (Å²) in [5.41, 5.74) is 1.73. The Labute approximate surface area is 101 Å². The fourth-order valence-corrected chi connectivity index (χ4v) is 1.88. The Morgan fingerprint density at radius 1 is 1.39 bits per heavy atom. The van der Waals surface area contributed by atoms with E-state index in [1.807, 2.05) is 24.3 Å². The molecular weight excluding hydrogens is 234 g/mol. The molecule has 1 N–H and O–H groups in total. The number of esters is 1. The fraction of sp³-hybridized carbons (Fsp3) is 0.0909. The fourth-order valence-electron chi connectivity index (χ4n) is 1.88. The number of nitrogens with zero attached hydrogens (tertiary/aromatic N) is 4. The van der Waals surface area contributed by atoms with Gasteiger partial charge in [-0.05, 0) is 16.5 Å². The summed E-state index contributed by atoms with van der Waals surface area (Å²) in [6.07, 6.45) is 1.43. The summed E-state index contributed by atoms with van der Waals surface area (Å²) in [5, 5.41) is 11.8. The quantitative estimate of drug-likeness (QED) is 0.677. The first kappa shape index (κ1) is 10.5. The number of nitrogens with one attached hydrogen (secondary N) is 1. The van der Waals surface area contributed by atoms with Crippen LogP contribution in [0.5, 0.6) is 0 Å². The molecule has 1 aromatic carbocycles. The summed E-state index contributed by atoms with van der Waals surface area (Å²) >= 11 is 0. The van der Waals surface area contributed by atoms with Crippen molar-refractivity contribution in [3.63, 3.8) is 0 Å². The molecule has 18 heavy (non-hydrogen) atoms. The van der Waals surface area contributed by atoms with E-state index in [-0.39, 0.29) is 0 Å². The molecule has 90 valence electrons. The Morgan fingerprint density at radius 2 is 2.22 bits per heavy atom. The molecule has 0 bridgehead atoms. The van der Waals surface area contributed by atoms with Gasteiger partial charge in [-0.1, -0.05) is 18.2 Å². The number of para-hydroxylation sites is 1. The van der Waals surface area contributed by atoms with Crippen molar-refractivity contribution in [2.24, 2.45) is 0 Å². The SMILES string of the molecule is COC(=O)c1[nH]c2ccccc2c1-n1cnnn1. The van der Waals surface area contributed by atoms with Crippen LogP contribution in [-0.4, -0.2) is 38.3 Å². The molecule has 0 saturated heterocycles. The van der Waals surface area contributed by atoms with Crippen molar-refractivity contribution in [2.45, 2.75) is 0 Å². The van der Waals surface area contributed by atoms with Gasteiger partial charge < -0.3 is 9.72 Å². The molecule has 0 atom stereocenters. The minimum absolute atomic E-state index is 0.325. The zero-order chi connectivity index (χ0) is 12.5. The molecule has 0 aliphatic rings. The highest BCUT2D eigenvalue weighted by atomic mass is 16.5. The lowest BCUT2D eigenvalue weighted by Gasteiger charge is -2.01. The number of hydrogen-bond acceptors (Lipinski definition) is 5. The van der Waals surface area contributed by atoms with E-state index in [1.54, 1.807) is 0 Å². The van der Waals surface area contributed by atoms with E-state index in [9.17, 15) is 4.79 Å². The second-order valence-corrected chi connectivity index (χ2v) is 3.64. The number of fused-ring (bicyclic) bond motifs is 1. The van der Waals surface area contributed by atoms with Gasteiger partial charge >= 0.3 is 5.97 Å². The molecule has 0 aliphatic carbocycles. The Balaban J connectivity index is 2.35. The zero-order valence-corrected chi connectivity index (χ0v) is 9.49. The standard InChI is InChI=1S/C11H9N5O2/c1-18-11(17)9-10(16-6-12-14-15-16)7-4-2-3-5-8(7)13-9/h2-6,13H,1H3. The predicted octanol–water partition coefficient (Wildman–Crippen LogP) is 0.930. The van der Waals surface area contributed by atoms with Crippen LogP contribution in [0.15, 0.2) is 30.6 Å². The van der Waals surface area contributed by atoms with Crippen molar-refractivity contribution >= 4 is 16.9 Å². The van der Waals surface area contributed by atoms with Crippen LogP contribution in [0.25, 0.3) is 16.6 Å². The largest absolute Gasteiger partial charge is 0.464 e. The van der Waals surface area contributed by atoms with Gasteiger partial charge in [-0.2, -0.15) is 4.68 Å². The molecule has 7 heteroatoms. The van der Waals surface area contributed by atoms with Gasteiger partial charge in [0.05, 0.1) is 7.11 Å². The van der Waals surface area contributed by atoms with E-state index in [1.165, 1.54) is 18.1 Å². The van der Waals surface area contributed by atoms with Gasteiger partial charge in [-0.15, -0.1) is 5.10 Å². The van der Waals surface area contributed by atoms with Crippen LogP contribution in [-0.2, 0) is 4.74 Å². The lowest BCUT2D eigenvalue weighted by molar-refractivity contribution is 0.0595. The molecule has 0 amide bonds. The highest BCUT2D eigenvalue weighted by Gasteiger charge is 2.20. The van der Waals surface area contributed by atoms with E-state index in [4.69, 9.17) is 4.74 Å². The normalized spacial score (nSPS) is 10.7. The van der Waals surface area contributed by atoms with Crippen molar-refractivity contribution < 1.29 is 9.53 Å². The maximum Gasteiger partial charge on any atom is 0.356 e. The minimum atomic E-state index is -0.461. The number of carbonyl (C=O) groups is 1. The summed E-state index contributed by atoms with van der Waals surface area (Å²) in [6, 6.07) is 7.51. The molecule has 0 aliphatic heterocycles. The average Bonchev–Trinajstić information content (AvgIpc) is 3.03. The van der Waals surface area contributed by atoms with Gasteiger partial charge in [0.2, 0.25) is 0 Å². The number of ether oxygens (including phenoxy) is 1. The van der Waals surface area contributed by atoms with Crippen LogP contribution in [0.4, 0.5) is 0 Å². The summed E-state index contributed by atoms with van der Waals surface area (Å²) < 4.78 is 6.19. The van der Waals surface area contributed by atoms with Crippen molar-refractivity contribution in [3.8, 4) is 5.69 Å². The third-order valence-corrected chi connectivity index (χ3v) is 2.65. The highest BCUT2D eigenvalue weighted by molar-refractivity contribution is 6.02. The molecule has 0 fully saturated rings. The maximum atomic E-state index is 11.8. The Hall–Kier alpha value is -2.70. The van der Waals surface area contributed by atoms with E-state index in [2.05, 4.69) is 20.5 Å². The smallest absolute Gasteiger partial charge is 0.356 e. The van der Waals surface area contributed by atoms with E-state index >= 15 is 0 Å². The third-order valence-electron chi connectivity index (χ3n) is 2.65. The number of tetrazole rings is 1. The first-order chi connectivity index (χ1) is 8.81. The molecule has 0 unspecified atom stereocenters. The summed E-state index contributed by atoms with van der Waals surface area (Å²) in [4.78, 5) is 14.8. The lowest BCUT2D eigenvalue weighted by Crippen LogP contribution is -2.07. The van der Waals surface area contributed by atoms with Gasteiger partial charge in [0.15, 0.2) is 5.69 Å². The minimum Gasteiger partial charge on any atom is -0.464 e. The molecule has 0 saturated carbocycles. The van der Waals surface area contributed by atoms with Gasteiger partial charge in [0.25, 0.3) is 0 Å². The molecule has 2 heterocycles. The van der Waals surface area contributed by atoms with Crippen LogP contribution < -0.4 is 0 Å². The number of aromatic nitrogens is 5. The van der Waals surface area contributed by atoms with Gasteiger partial charge in [-0.3, -0.25) is 0 Å². The Morgan fingerprint density at radius 3 is 2.94 bits per heavy atom. The monoisotopic (exact) mass is 243 g/mol. The van der Waals surface area contributed by atoms with E-state index in [0.29, 0.717) is 11.4 Å². The zero-order valence-electron chi connectivity index (χ0n) is 9.49. The van der Waals surface area contributed by atoms with E-state index < -0.39 is 5.97 Å². The van der Waals surface area contributed by atoms with Crippen LogP contribution >= 0.6 is 0 Å². The number of methoxy groups -OCH3 is 1. The van der Waals surface area contributed by atoms with Crippen molar-refractivity contribution in [1.82, 2.24) is 25.2 Å². The highest BCUT2D eigenvalue weighted by Crippen LogP contribution is 2.25. The second-order valence-electron chi connectivity index (χ2n) is 3.64. The Kier molecular flexibility index (Phi) is 2.30. The maximum absolute atomic E-state index is 11.8. The second kappa shape index (κ2) is 3.95. The summed E-state index contributed by atoms with van der Waals surface area (Å²) in [7, 11) is 1.33. The van der Waals surface area contributed by atoms with E-state index in [0.717, 1.165) is 10.9 Å². The van der Waals surface area contributed by atoms with Gasteiger partial charge in [-0.25, -0.2) is 4.79 Å². The van der Waals surface area contributed by atoms with Crippen LogP contribution in [0.1, 0.15) is 10.5 Å². The topological polar surface area (TPSA) is 85.7 Å². The van der Waals surface area contributed by atoms with Gasteiger partial charge in [0, 0.05) is 10.9 Å². The molecule has 0 radical (unpaired) electrons. The first-order valence-corrected chi connectivity index (χ1v) is 5.23. The van der Waals surface area contributed by atoms with Crippen molar-refractivity contribution in [2.75, 3.05) is 7.11 Å². The van der Waals surface area contributed by atoms with Crippen molar-refractivity contribution in [1.29, 1.82) is 0 Å². The predicted molar refractivity (Wildman–Crippen MR) is 62.4 cm³/mol. The van der Waals surface area contributed by atoms with Crippen LogP contribution in [0.3, 0.4) is 0 Å². The van der Waals surface area contributed by atoms with Crippen molar-refractivity contribution in [3.05, 3.63) is 36.3 Å². The number of rotatable bonds is 2. The molecule has 3 rings (SSSR count). The number of H-pyrrole nitrogens is 1. The molecule has 2 aromatic heterocycles. The van der Waals surface area contributed by atoms with Crippen LogP contribution in [0, 0.1) is 0 Å². The summed E-state index contributed by atoms with van der Waals surface area (Å²) in [6.45, 7) is 0. The van der Waals surface area contributed by atoms with Crippen LogP contribution in [0.2, 0.25) is 0 Å². The lowest BCUT2D eigenvalue weighted by atomic mass is 10.2. The summed E-state index contributed by atoms with van der Waals surface area (Å²) in [5.74, 6) is -0.461. The molecule has 3 aromatic rings. The number of aromatic amines is 1.